The zero-order valence-corrected chi connectivity index (χ0v) is 8.16. The molecule has 0 unspecified atom stereocenters. The summed E-state index contributed by atoms with van der Waals surface area (Å²) in [6.07, 6.45) is 5.72. The number of nitrogens with one attached hydrogen (secondary N) is 1. The van der Waals surface area contributed by atoms with E-state index >= 15 is 0 Å². The molecular formula is C10H15N3O. The second kappa shape index (κ2) is 4.37. The Hall–Kier alpha value is -1.16. The molecule has 0 spiro atoms. The van der Waals surface area contributed by atoms with Crippen molar-refractivity contribution in [2.75, 3.05) is 18.5 Å². The van der Waals surface area contributed by atoms with Gasteiger partial charge in [0.2, 0.25) is 0 Å². The van der Waals surface area contributed by atoms with E-state index in [0.717, 1.165) is 31.6 Å². The lowest BCUT2D eigenvalue weighted by molar-refractivity contribution is 0.292. The molecule has 0 amide bonds. The third-order valence-corrected chi connectivity index (χ3v) is 2.50. The van der Waals surface area contributed by atoms with E-state index in [-0.39, 0.29) is 6.61 Å². The number of fused-ring (bicyclic) bond motifs is 1. The van der Waals surface area contributed by atoms with Crippen molar-refractivity contribution in [2.24, 2.45) is 0 Å². The Kier molecular flexibility index (Phi) is 2.93. The number of aliphatic hydroxyl groups excluding tert-OH is 1. The first-order chi connectivity index (χ1) is 6.92. The van der Waals surface area contributed by atoms with Gasteiger partial charge in [-0.2, -0.15) is 0 Å². The molecule has 1 aliphatic carbocycles. The number of aryl methyl sites for hydroxylation is 1. The summed E-state index contributed by atoms with van der Waals surface area (Å²) in [6, 6.07) is 0. The summed E-state index contributed by atoms with van der Waals surface area (Å²) in [5, 5.41) is 11.9. The number of aromatic nitrogens is 2. The molecule has 76 valence electrons. The number of hydrogen-bond acceptors (Lipinski definition) is 4. The summed E-state index contributed by atoms with van der Waals surface area (Å²) in [4.78, 5) is 8.47. The number of hydrogen-bond donors (Lipinski definition) is 2. The average Bonchev–Trinajstić information content (AvgIpc) is 2.67. The normalized spacial score (nSPS) is 14.1. The molecule has 0 aromatic carbocycles. The van der Waals surface area contributed by atoms with Gasteiger partial charge in [-0.1, -0.05) is 0 Å². The van der Waals surface area contributed by atoms with Crippen LogP contribution in [-0.4, -0.2) is 28.2 Å². The molecule has 0 fully saturated rings. The van der Waals surface area contributed by atoms with E-state index in [1.807, 2.05) is 0 Å². The Morgan fingerprint density at radius 1 is 1.36 bits per heavy atom. The summed E-state index contributed by atoms with van der Waals surface area (Å²) in [7, 11) is 0. The van der Waals surface area contributed by atoms with Crippen molar-refractivity contribution in [3.8, 4) is 0 Å². The topological polar surface area (TPSA) is 58.0 Å². The fourth-order valence-corrected chi connectivity index (χ4v) is 1.80. The zero-order valence-electron chi connectivity index (χ0n) is 8.16. The molecule has 0 bridgehead atoms. The Labute approximate surface area is 83.4 Å². The van der Waals surface area contributed by atoms with Crippen LogP contribution in [0.15, 0.2) is 6.33 Å². The molecule has 1 heterocycles. The van der Waals surface area contributed by atoms with Crippen molar-refractivity contribution >= 4 is 5.82 Å². The summed E-state index contributed by atoms with van der Waals surface area (Å²) >= 11 is 0. The van der Waals surface area contributed by atoms with Gasteiger partial charge in [-0.05, 0) is 25.7 Å². The lowest BCUT2D eigenvalue weighted by Gasteiger charge is -2.08. The van der Waals surface area contributed by atoms with Gasteiger partial charge in [-0.15, -0.1) is 0 Å². The average molecular weight is 193 g/mol. The highest BCUT2D eigenvalue weighted by Gasteiger charge is 2.16. The van der Waals surface area contributed by atoms with Gasteiger partial charge in [0.05, 0.1) is 0 Å². The van der Waals surface area contributed by atoms with Gasteiger partial charge in [-0.3, -0.25) is 0 Å². The van der Waals surface area contributed by atoms with Crippen molar-refractivity contribution in [2.45, 2.75) is 25.7 Å². The maximum absolute atomic E-state index is 8.66. The monoisotopic (exact) mass is 193 g/mol. The quantitative estimate of drug-likeness (QED) is 0.693. The van der Waals surface area contributed by atoms with Crippen LogP contribution < -0.4 is 5.32 Å². The van der Waals surface area contributed by atoms with Crippen LogP contribution in [0.3, 0.4) is 0 Å². The van der Waals surface area contributed by atoms with E-state index in [1.54, 1.807) is 6.33 Å². The second-order valence-corrected chi connectivity index (χ2v) is 3.51. The number of nitrogens with zero attached hydrogens (tertiary/aromatic N) is 2. The summed E-state index contributed by atoms with van der Waals surface area (Å²) in [6.45, 7) is 1.00. The van der Waals surface area contributed by atoms with Crippen molar-refractivity contribution in [1.82, 2.24) is 9.97 Å². The number of rotatable bonds is 4. The summed E-state index contributed by atoms with van der Waals surface area (Å²) < 4.78 is 0. The van der Waals surface area contributed by atoms with Crippen LogP contribution in [0.25, 0.3) is 0 Å². The van der Waals surface area contributed by atoms with Gasteiger partial charge >= 0.3 is 0 Å². The molecule has 14 heavy (non-hydrogen) atoms. The molecule has 4 nitrogen and oxygen atoms in total. The summed E-state index contributed by atoms with van der Waals surface area (Å²) in [5.41, 5.74) is 2.46. The predicted octanol–water partition coefficient (Wildman–Crippen LogP) is 0.760. The van der Waals surface area contributed by atoms with Crippen LogP contribution in [0.2, 0.25) is 0 Å². The van der Waals surface area contributed by atoms with E-state index < -0.39 is 0 Å². The minimum absolute atomic E-state index is 0.222. The van der Waals surface area contributed by atoms with Gasteiger partial charge in [0.15, 0.2) is 0 Å². The Morgan fingerprint density at radius 2 is 2.29 bits per heavy atom. The Morgan fingerprint density at radius 3 is 3.14 bits per heavy atom. The van der Waals surface area contributed by atoms with Crippen molar-refractivity contribution in [1.29, 1.82) is 0 Å². The molecule has 0 atom stereocenters. The molecule has 0 saturated heterocycles. The van der Waals surface area contributed by atoms with Gasteiger partial charge in [0, 0.05) is 24.4 Å². The lowest BCUT2D eigenvalue weighted by Crippen LogP contribution is -2.08. The maximum Gasteiger partial charge on any atom is 0.132 e. The molecule has 0 aliphatic heterocycles. The van der Waals surface area contributed by atoms with E-state index in [0.29, 0.717) is 0 Å². The van der Waals surface area contributed by atoms with Gasteiger partial charge in [-0.25, -0.2) is 9.97 Å². The molecule has 4 heteroatoms. The first-order valence-corrected chi connectivity index (χ1v) is 5.09. The smallest absolute Gasteiger partial charge is 0.132 e. The van der Waals surface area contributed by atoms with Gasteiger partial charge in [0.1, 0.15) is 12.1 Å². The highest BCUT2D eigenvalue weighted by atomic mass is 16.3. The van der Waals surface area contributed by atoms with Crippen LogP contribution in [0, 0.1) is 0 Å². The Bertz CT molecular complexity index is 314. The van der Waals surface area contributed by atoms with E-state index in [1.165, 1.54) is 17.7 Å². The minimum atomic E-state index is 0.222. The predicted molar refractivity (Wildman–Crippen MR) is 54.2 cm³/mol. The van der Waals surface area contributed by atoms with Crippen LogP contribution in [0.1, 0.15) is 24.1 Å². The molecule has 0 saturated carbocycles. The molecular weight excluding hydrogens is 178 g/mol. The Balaban J connectivity index is 2.06. The van der Waals surface area contributed by atoms with Crippen molar-refractivity contribution < 1.29 is 5.11 Å². The fourth-order valence-electron chi connectivity index (χ4n) is 1.80. The summed E-state index contributed by atoms with van der Waals surface area (Å²) in [5.74, 6) is 0.959. The molecule has 0 radical (unpaired) electrons. The largest absolute Gasteiger partial charge is 0.396 e. The van der Waals surface area contributed by atoms with E-state index in [4.69, 9.17) is 5.11 Å². The lowest BCUT2D eigenvalue weighted by atomic mass is 10.2. The molecule has 2 rings (SSSR count). The van der Waals surface area contributed by atoms with Crippen LogP contribution in [-0.2, 0) is 12.8 Å². The third-order valence-electron chi connectivity index (χ3n) is 2.50. The molecule has 1 aromatic heterocycles. The molecule has 2 N–H and O–H groups in total. The second-order valence-electron chi connectivity index (χ2n) is 3.51. The first kappa shape index (κ1) is 9.40. The van der Waals surface area contributed by atoms with Crippen LogP contribution >= 0.6 is 0 Å². The standard InChI is InChI=1S/C10H15N3O/c14-6-2-5-11-10-8-3-1-4-9(8)12-7-13-10/h7,14H,1-6H2,(H,11,12,13). The SMILES string of the molecule is OCCCNc1ncnc2c1CCC2. The highest BCUT2D eigenvalue weighted by Crippen LogP contribution is 2.24. The van der Waals surface area contributed by atoms with E-state index in [9.17, 15) is 0 Å². The van der Waals surface area contributed by atoms with E-state index in [2.05, 4.69) is 15.3 Å². The fraction of sp³-hybridized carbons (Fsp3) is 0.600. The molecule has 1 aromatic rings. The third kappa shape index (κ3) is 1.85. The minimum Gasteiger partial charge on any atom is -0.396 e. The first-order valence-electron chi connectivity index (χ1n) is 5.09. The van der Waals surface area contributed by atoms with Crippen molar-refractivity contribution in [3.63, 3.8) is 0 Å². The van der Waals surface area contributed by atoms with Gasteiger partial charge in [0.25, 0.3) is 0 Å². The van der Waals surface area contributed by atoms with Crippen molar-refractivity contribution in [3.05, 3.63) is 17.6 Å². The zero-order chi connectivity index (χ0) is 9.80. The molecule has 1 aliphatic rings. The number of aliphatic hydroxyl groups is 1. The van der Waals surface area contributed by atoms with Crippen LogP contribution in [0.4, 0.5) is 5.82 Å². The van der Waals surface area contributed by atoms with Crippen LogP contribution in [0.5, 0.6) is 0 Å². The highest BCUT2D eigenvalue weighted by molar-refractivity contribution is 5.47. The maximum atomic E-state index is 8.66. The van der Waals surface area contributed by atoms with Gasteiger partial charge < -0.3 is 10.4 Å². The number of anilines is 1.